The van der Waals surface area contributed by atoms with Gasteiger partial charge in [0.1, 0.15) is 30.4 Å². The maximum atomic E-state index is 14.3. The Hall–Kier alpha value is -3.84. The largest absolute Gasteiger partial charge is 0.453 e. The van der Waals surface area contributed by atoms with Crippen molar-refractivity contribution in [2.75, 3.05) is 11.9 Å². The van der Waals surface area contributed by atoms with Gasteiger partial charge in [-0.1, -0.05) is 43.0 Å². The molecule has 0 radical (unpaired) electrons. The number of nitrogens with zero attached hydrogens (tertiary/aromatic N) is 2. The van der Waals surface area contributed by atoms with Gasteiger partial charge in [-0.15, -0.1) is 0 Å². The predicted octanol–water partition coefficient (Wildman–Crippen LogP) is 3.46. The van der Waals surface area contributed by atoms with E-state index in [9.17, 15) is 18.4 Å². The first kappa shape index (κ1) is 20.5. The maximum Gasteiger partial charge on any atom is 0.422 e. The van der Waals surface area contributed by atoms with Crippen LogP contribution in [0.5, 0.6) is 0 Å². The second-order valence-corrected chi connectivity index (χ2v) is 5.33. The van der Waals surface area contributed by atoms with Crippen LogP contribution in [0.1, 0.15) is 11.1 Å². The number of anilines is 1. The van der Waals surface area contributed by atoms with Gasteiger partial charge >= 0.3 is 17.8 Å². The molecule has 0 fully saturated rings. The van der Waals surface area contributed by atoms with Crippen molar-refractivity contribution in [1.29, 1.82) is 0 Å². The molecule has 2 aromatic rings. The van der Waals surface area contributed by atoms with E-state index < -0.39 is 40.7 Å². The molecule has 144 valence electrons. The van der Waals surface area contributed by atoms with E-state index in [4.69, 9.17) is 15.0 Å². The van der Waals surface area contributed by atoms with Crippen molar-refractivity contribution in [3.05, 3.63) is 83.4 Å². The summed E-state index contributed by atoms with van der Waals surface area (Å²) in [4.78, 5) is 26.7. The van der Waals surface area contributed by atoms with Crippen LogP contribution in [0.25, 0.3) is 5.53 Å². The molecule has 0 saturated carbocycles. The van der Waals surface area contributed by atoms with Crippen molar-refractivity contribution in [2.45, 2.75) is 6.61 Å². The lowest BCUT2D eigenvalue weighted by atomic mass is 10.1. The zero-order valence-electron chi connectivity index (χ0n) is 14.5. The zero-order valence-corrected chi connectivity index (χ0v) is 14.5. The summed E-state index contributed by atoms with van der Waals surface area (Å²) in [6.07, 6.45) is 0.209. The van der Waals surface area contributed by atoms with Gasteiger partial charge in [-0.2, -0.15) is 4.79 Å². The second kappa shape index (κ2) is 9.75. The first-order valence-corrected chi connectivity index (χ1v) is 7.93. The first-order chi connectivity index (χ1) is 13.5. The van der Waals surface area contributed by atoms with Gasteiger partial charge in [0, 0.05) is 6.07 Å². The summed E-state index contributed by atoms with van der Waals surface area (Å²) in [5, 5.41) is 2.13. The molecule has 28 heavy (non-hydrogen) atoms. The van der Waals surface area contributed by atoms with Gasteiger partial charge in [0.05, 0.1) is 5.69 Å². The molecule has 0 spiro atoms. The maximum absolute atomic E-state index is 14.3. The summed E-state index contributed by atoms with van der Waals surface area (Å²) >= 11 is 0. The fourth-order valence-corrected chi connectivity index (χ4v) is 2.18. The summed E-state index contributed by atoms with van der Waals surface area (Å²) in [7, 11) is 0. The van der Waals surface area contributed by atoms with Crippen LogP contribution in [0, 0.1) is 11.6 Å². The van der Waals surface area contributed by atoms with E-state index in [2.05, 4.69) is 16.7 Å². The molecule has 1 amide bonds. The molecule has 0 atom stereocenters. The number of hydrogen-bond donors (Lipinski definition) is 1. The number of benzene rings is 2. The molecule has 7 nitrogen and oxygen atoms in total. The normalized spacial score (nSPS) is 9.79. The van der Waals surface area contributed by atoms with Crippen molar-refractivity contribution in [3.8, 4) is 0 Å². The Kier molecular flexibility index (Phi) is 7.13. The fourth-order valence-electron chi connectivity index (χ4n) is 2.18. The molecule has 9 heteroatoms. The topological polar surface area (TPSA) is 101 Å². The molecule has 2 rings (SSSR count). The third-order valence-electron chi connectivity index (χ3n) is 3.37. The number of halogens is 2. The zero-order chi connectivity index (χ0) is 20.5. The summed E-state index contributed by atoms with van der Waals surface area (Å²) in [5.41, 5.74) is 7.81. The van der Waals surface area contributed by atoms with Crippen LogP contribution >= 0.6 is 0 Å². The average Bonchev–Trinajstić information content (AvgIpc) is 2.68. The van der Waals surface area contributed by atoms with Crippen molar-refractivity contribution < 1.29 is 32.6 Å². The van der Waals surface area contributed by atoms with Crippen LogP contribution in [0.4, 0.5) is 19.3 Å². The van der Waals surface area contributed by atoms with Gasteiger partial charge in [0.2, 0.25) is 0 Å². The van der Waals surface area contributed by atoms with Crippen molar-refractivity contribution in [2.24, 2.45) is 0 Å². The smallest absolute Gasteiger partial charge is 0.422 e. The van der Waals surface area contributed by atoms with Crippen LogP contribution < -0.4 is 5.32 Å². The highest BCUT2D eigenvalue weighted by Gasteiger charge is 2.32. The predicted molar refractivity (Wildman–Crippen MR) is 95.5 cm³/mol. The van der Waals surface area contributed by atoms with Crippen LogP contribution in [-0.4, -0.2) is 29.2 Å². The number of ether oxygens (including phenoxy) is 2. The molecule has 1 N–H and O–H groups in total. The highest BCUT2D eigenvalue weighted by molar-refractivity contribution is 6.42. The Labute approximate surface area is 158 Å². The Morgan fingerprint density at radius 1 is 1.18 bits per heavy atom. The monoisotopic (exact) mass is 387 g/mol. The lowest BCUT2D eigenvalue weighted by Crippen LogP contribution is -2.24. The van der Waals surface area contributed by atoms with Crippen LogP contribution in [-0.2, 0) is 20.9 Å². The minimum atomic E-state index is -1.25. The number of nitrogens with one attached hydrogen (secondary N) is 1. The summed E-state index contributed by atoms with van der Waals surface area (Å²) in [6.45, 7) is 3.02. The number of carbonyl (C=O) groups is 2. The Morgan fingerprint density at radius 3 is 2.54 bits per heavy atom. The molecular weight excluding hydrogens is 372 g/mol. The van der Waals surface area contributed by atoms with E-state index >= 15 is 0 Å². The van der Waals surface area contributed by atoms with E-state index in [0.29, 0.717) is 11.6 Å². The van der Waals surface area contributed by atoms with Gasteiger partial charge in [0.25, 0.3) is 0 Å². The van der Waals surface area contributed by atoms with E-state index in [1.165, 1.54) is 6.08 Å². The second-order valence-electron chi connectivity index (χ2n) is 5.33. The molecule has 0 unspecified atom stereocenters. The summed E-state index contributed by atoms with van der Waals surface area (Å²) < 4.78 is 37.6. The van der Waals surface area contributed by atoms with E-state index in [1.54, 1.807) is 30.3 Å². The average molecular weight is 387 g/mol. The van der Waals surface area contributed by atoms with Gasteiger partial charge < -0.3 is 15.0 Å². The highest BCUT2D eigenvalue weighted by atomic mass is 19.1. The third-order valence-corrected chi connectivity index (χ3v) is 3.37. The van der Waals surface area contributed by atoms with E-state index in [1.807, 2.05) is 0 Å². The summed E-state index contributed by atoms with van der Waals surface area (Å²) in [5.74, 6) is -3.48. The molecule has 0 aliphatic carbocycles. The Bertz CT molecular complexity index is 942. The molecule has 0 saturated heterocycles. The van der Waals surface area contributed by atoms with Gasteiger partial charge in [-0.25, -0.2) is 18.4 Å². The summed E-state index contributed by atoms with van der Waals surface area (Å²) in [6, 6.07) is 9.91. The van der Waals surface area contributed by atoms with E-state index in [-0.39, 0.29) is 13.2 Å². The first-order valence-electron chi connectivity index (χ1n) is 7.93. The molecule has 0 heterocycles. The number of hydrogen-bond acceptors (Lipinski definition) is 4. The van der Waals surface area contributed by atoms with Gasteiger partial charge in [-0.3, -0.25) is 5.32 Å². The van der Waals surface area contributed by atoms with Gasteiger partial charge in [-0.05, 0) is 11.6 Å². The molecule has 0 aliphatic rings. The van der Waals surface area contributed by atoms with Crippen LogP contribution in [0.3, 0.4) is 0 Å². The highest BCUT2D eigenvalue weighted by Crippen LogP contribution is 2.22. The quantitative estimate of drug-likeness (QED) is 0.258. The lowest BCUT2D eigenvalue weighted by Gasteiger charge is -2.10. The SMILES string of the molecule is C=CCOC(=O)C(=[N+]=[N-])c1c(F)cc(F)cc1NC(=O)OCc1ccccc1. The van der Waals surface area contributed by atoms with Crippen LogP contribution in [0.2, 0.25) is 0 Å². The lowest BCUT2D eigenvalue weighted by molar-refractivity contribution is -0.138. The van der Waals surface area contributed by atoms with Crippen LogP contribution in [0.15, 0.2) is 55.1 Å². The third kappa shape index (κ3) is 5.33. The standard InChI is InChI=1S/C19H15F2N3O4/c1-2-8-27-18(25)17(24-22)16-14(21)9-13(20)10-15(16)23-19(26)28-11-12-6-4-3-5-7-12/h2-7,9-10H,1,8,11H2,(H,23,26). The van der Waals surface area contributed by atoms with Crippen molar-refractivity contribution >= 4 is 23.5 Å². The molecule has 0 aliphatic heterocycles. The van der Waals surface area contributed by atoms with Crippen molar-refractivity contribution in [1.82, 2.24) is 0 Å². The van der Waals surface area contributed by atoms with E-state index in [0.717, 1.165) is 6.07 Å². The van der Waals surface area contributed by atoms with Gasteiger partial charge in [0.15, 0.2) is 0 Å². The number of carbonyl (C=O) groups excluding carboxylic acids is 2. The molecule has 2 aromatic carbocycles. The minimum absolute atomic E-state index is 0.0951. The van der Waals surface area contributed by atoms with Crippen molar-refractivity contribution in [3.63, 3.8) is 0 Å². The Balaban J connectivity index is 2.25. The number of rotatable bonds is 7. The fraction of sp³-hybridized carbons (Fsp3) is 0.105. The molecule has 0 bridgehead atoms. The number of amides is 1. The molecular formula is C19H15F2N3O4. The minimum Gasteiger partial charge on any atom is -0.453 e. The Morgan fingerprint density at radius 2 is 1.89 bits per heavy atom. The molecule has 0 aromatic heterocycles. The number of esters is 1.